The van der Waals surface area contributed by atoms with Crippen molar-refractivity contribution in [2.45, 2.75) is 6.42 Å². The summed E-state index contributed by atoms with van der Waals surface area (Å²) in [6.07, 6.45) is 1.31. The third kappa shape index (κ3) is 4.65. The lowest BCUT2D eigenvalue weighted by atomic mass is 10.2. The molecule has 1 fully saturated rings. The van der Waals surface area contributed by atoms with Crippen LogP contribution in [0.4, 0.5) is 14.5 Å². The Labute approximate surface area is 144 Å². The van der Waals surface area contributed by atoms with Crippen LogP contribution in [0, 0.1) is 11.6 Å². The van der Waals surface area contributed by atoms with Crippen LogP contribution < -0.4 is 4.31 Å². The molecule has 0 spiro atoms. The number of sulfonamides is 1. The molecule has 1 heterocycles. The molecule has 138 valence electrons. The fraction of sp³-hybridized carbons (Fsp3) is 0.467. The molecule has 10 heteroatoms. The van der Waals surface area contributed by atoms with E-state index < -0.39 is 27.3 Å². The van der Waals surface area contributed by atoms with Gasteiger partial charge >= 0.3 is 0 Å². The number of halogens is 2. The van der Waals surface area contributed by atoms with Crippen LogP contribution in [0.3, 0.4) is 0 Å². The van der Waals surface area contributed by atoms with Crippen molar-refractivity contribution in [3.63, 3.8) is 0 Å². The Balaban J connectivity index is 2.09. The van der Waals surface area contributed by atoms with Crippen LogP contribution in [-0.4, -0.2) is 69.5 Å². The highest BCUT2D eigenvalue weighted by Gasteiger charge is 2.27. The number of nitrogens with zero attached hydrogens (tertiary/aromatic N) is 3. The summed E-state index contributed by atoms with van der Waals surface area (Å²) in [5.74, 6) is -2.37. The minimum Gasteiger partial charge on any atom is -0.342 e. The van der Waals surface area contributed by atoms with Crippen LogP contribution in [0.1, 0.15) is 6.42 Å². The first-order valence-corrected chi connectivity index (χ1v) is 9.47. The maximum atomic E-state index is 13.9. The maximum Gasteiger partial charge on any atom is 0.232 e. The van der Waals surface area contributed by atoms with E-state index in [2.05, 4.69) is 0 Å². The van der Waals surface area contributed by atoms with Gasteiger partial charge in [0.05, 0.1) is 6.26 Å². The summed E-state index contributed by atoms with van der Waals surface area (Å²) in [6.45, 7) is 1.10. The first kappa shape index (κ1) is 19.1. The van der Waals surface area contributed by atoms with Crippen LogP contribution in [0.15, 0.2) is 18.2 Å². The van der Waals surface area contributed by atoms with Crippen molar-refractivity contribution in [1.29, 1.82) is 0 Å². The van der Waals surface area contributed by atoms with Gasteiger partial charge in [-0.3, -0.25) is 13.9 Å². The molecule has 25 heavy (non-hydrogen) atoms. The summed E-state index contributed by atoms with van der Waals surface area (Å²) < 4.78 is 52.2. The van der Waals surface area contributed by atoms with Crippen LogP contribution in [-0.2, 0) is 19.6 Å². The Hall–Kier alpha value is -2.23. The summed E-state index contributed by atoms with van der Waals surface area (Å²) in [4.78, 5) is 25.9. The number of piperazine rings is 1. The lowest BCUT2D eigenvalue weighted by Gasteiger charge is -2.33. The highest BCUT2D eigenvalue weighted by atomic mass is 32.2. The van der Waals surface area contributed by atoms with Gasteiger partial charge in [0.2, 0.25) is 22.3 Å². The molecule has 0 unspecified atom stereocenters. The van der Waals surface area contributed by atoms with E-state index in [-0.39, 0.29) is 18.9 Å². The van der Waals surface area contributed by atoms with Crippen molar-refractivity contribution in [2.75, 3.05) is 43.3 Å². The monoisotopic (exact) mass is 375 g/mol. The first-order valence-electron chi connectivity index (χ1n) is 7.63. The average Bonchev–Trinajstić information content (AvgIpc) is 2.56. The van der Waals surface area contributed by atoms with Crippen LogP contribution in [0.2, 0.25) is 0 Å². The SMILES string of the molecule is CS(=O)(=O)N(CCC(=O)N1CCN(C=O)CC1)c1c(F)cccc1F. The van der Waals surface area contributed by atoms with Gasteiger partial charge in [-0.2, -0.15) is 0 Å². The fourth-order valence-electron chi connectivity index (χ4n) is 2.60. The number of amides is 2. The number of benzene rings is 1. The third-order valence-electron chi connectivity index (χ3n) is 3.93. The first-order chi connectivity index (χ1) is 11.7. The molecule has 0 radical (unpaired) electrons. The van der Waals surface area contributed by atoms with E-state index in [1.165, 1.54) is 9.80 Å². The molecule has 1 aromatic carbocycles. The van der Waals surface area contributed by atoms with Crippen molar-refractivity contribution < 1.29 is 26.8 Å². The zero-order chi connectivity index (χ0) is 18.6. The number of carbonyl (C=O) groups excluding carboxylic acids is 2. The van der Waals surface area contributed by atoms with E-state index in [9.17, 15) is 26.8 Å². The second kappa shape index (κ2) is 7.77. The molecule has 0 N–H and O–H groups in total. The maximum absolute atomic E-state index is 13.9. The molecule has 0 saturated carbocycles. The summed E-state index contributed by atoms with van der Waals surface area (Å²) in [7, 11) is -3.97. The van der Waals surface area contributed by atoms with E-state index in [1.54, 1.807) is 0 Å². The van der Waals surface area contributed by atoms with E-state index in [0.29, 0.717) is 36.9 Å². The molecule has 2 rings (SSSR count). The molecule has 0 aromatic heterocycles. The van der Waals surface area contributed by atoms with Gasteiger partial charge in [-0.15, -0.1) is 0 Å². The average molecular weight is 375 g/mol. The second-order valence-corrected chi connectivity index (χ2v) is 7.58. The van der Waals surface area contributed by atoms with Gasteiger partial charge in [0.25, 0.3) is 0 Å². The standard InChI is InChI=1S/C15H19F2N3O4S/c1-25(23,24)20(15-12(16)3-2-4-13(15)17)6-5-14(22)19-9-7-18(11-21)8-10-19/h2-4,11H,5-10H2,1H3. The Morgan fingerprint density at radius 3 is 2.24 bits per heavy atom. The van der Waals surface area contributed by atoms with Gasteiger partial charge in [-0.25, -0.2) is 17.2 Å². The Kier molecular flexibility index (Phi) is 5.93. The largest absolute Gasteiger partial charge is 0.342 e. The summed E-state index contributed by atoms with van der Waals surface area (Å²) in [5.41, 5.74) is -0.691. The van der Waals surface area contributed by atoms with Crippen LogP contribution in [0.25, 0.3) is 0 Å². The van der Waals surface area contributed by atoms with Crippen molar-refractivity contribution in [3.05, 3.63) is 29.8 Å². The fourth-order valence-corrected chi connectivity index (χ4v) is 3.53. The molecule has 0 atom stereocenters. The van der Waals surface area contributed by atoms with Gasteiger partial charge in [0, 0.05) is 39.1 Å². The summed E-state index contributed by atoms with van der Waals surface area (Å²) in [6, 6.07) is 3.04. The minimum atomic E-state index is -3.97. The van der Waals surface area contributed by atoms with Crippen molar-refractivity contribution in [1.82, 2.24) is 9.80 Å². The molecule has 2 amide bonds. The van der Waals surface area contributed by atoms with Crippen molar-refractivity contribution >= 4 is 28.0 Å². The van der Waals surface area contributed by atoms with Crippen LogP contribution in [0.5, 0.6) is 0 Å². The van der Waals surface area contributed by atoms with E-state index in [4.69, 9.17) is 0 Å². The zero-order valence-electron chi connectivity index (χ0n) is 13.7. The molecular formula is C15H19F2N3O4S. The lowest BCUT2D eigenvalue weighted by Crippen LogP contribution is -2.48. The highest BCUT2D eigenvalue weighted by molar-refractivity contribution is 7.92. The molecular weight excluding hydrogens is 356 g/mol. The zero-order valence-corrected chi connectivity index (χ0v) is 14.5. The van der Waals surface area contributed by atoms with Gasteiger partial charge in [0.1, 0.15) is 5.69 Å². The molecule has 1 saturated heterocycles. The minimum absolute atomic E-state index is 0.220. The quantitative estimate of drug-likeness (QED) is 0.676. The Bertz CT molecular complexity index is 729. The van der Waals surface area contributed by atoms with E-state index in [1.807, 2.05) is 0 Å². The van der Waals surface area contributed by atoms with Gasteiger partial charge in [-0.05, 0) is 12.1 Å². The summed E-state index contributed by atoms with van der Waals surface area (Å²) in [5, 5.41) is 0. The predicted molar refractivity (Wildman–Crippen MR) is 87.4 cm³/mol. The highest BCUT2D eigenvalue weighted by Crippen LogP contribution is 2.25. The number of carbonyl (C=O) groups is 2. The normalized spacial score (nSPS) is 15.2. The smallest absolute Gasteiger partial charge is 0.232 e. The van der Waals surface area contributed by atoms with Crippen molar-refractivity contribution in [2.24, 2.45) is 0 Å². The number of hydrogen-bond acceptors (Lipinski definition) is 4. The second-order valence-electron chi connectivity index (χ2n) is 5.68. The number of anilines is 1. The molecule has 1 aliphatic heterocycles. The number of para-hydroxylation sites is 1. The molecule has 1 aliphatic rings. The van der Waals surface area contributed by atoms with E-state index >= 15 is 0 Å². The lowest BCUT2D eigenvalue weighted by molar-refractivity contribution is -0.134. The third-order valence-corrected chi connectivity index (χ3v) is 5.10. The van der Waals surface area contributed by atoms with Crippen molar-refractivity contribution in [3.8, 4) is 0 Å². The van der Waals surface area contributed by atoms with Gasteiger partial charge < -0.3 is 9.80 Å². The van der Waals surface area contributed by atoms with E-state index in [0.717, 1.165) is 24.5 Å². The number of rotatable bonds is 6. The molecule has 0 bridgehead atoms. The predicted octanol–water partition coefficient (Wildman–Crippen LogP) is 0.422. The molecule has 0 aliphatic carbocycles. The van der Waals surface area contributed by atoms with Gasteiger partial charge in [-0.1, -0.05) is 6.07 Å². The number of hydrogen-bond donors (Lipinski definition) is 0. The molecule has 1 aromatic rings. The summed E-state index contributed by atoms with van der Waals surface area (Å²) >= 11 is 0. The van der Waals surface area contributed by atoms with Gasteiger partial charge in [0.15, 0.2) is 11.6 Å². The van der Waals surface area contributed by atoms with Crippen LogP contribution >= 0.6 is 0 Å². The Morgan fingerprint density at radius 1 is 1.20 bits per heavy atom. The molecule has 7 nitrogen and oxygen atoms in total. The topological polar surface area (TPSA) is 78.0 Å². The Morgan fingerprint density at radius 2 is 1.76 bits per heavy atom.